The van der Waals surface area contributed by atoms with Crippen molar-refractivity contribution in [3.8, 4) is 0 Å². The van der Waals surface area contributed by atoms with Crippen molar-refractivity contribution < 1.29 is 8.42 Å². The molecule has 1 aliphatic rings. The summed E-state index contributed by atoms with van der Waals surface area (Å²) in [5, 5.41) is 0. The predicted molar refractivity (Wildman–Crippen MR) is 88.4 cm³/mol. The van der Waals surface area contributed by atoms with Crippen molar-refractivity contribution in [1.29, 1.82) is 0 Å². The van der Waals surface area contributed by atoms with Crippen LogP contribution in [0.4, 0.5) is 0 Å². The number of sulfonamides is 1. The first kappa shape index (κ1) is 18.4. The van der Waals surface area contributed by atoms with Crippen LogP contribution in [0.2, 0.25) is 0 Å². The first-order valence-corrected chi connectivity index (χ1v) is 8.51. The largest absolute Gasteiger partial charge is 0.328 e. The lowest BCUT2D eigenvalue weighted by molar-refractivity contribution is 0.428. The average molecular weight is 333 g/mol. The molecule has 0 aliphatic carbocycles. The Bertz CT molecular complexity index is 591. The maximum Gasteiger partial charge on any atom is 0.243 e. The highest BCUT2D eigenvalue weighted by Gasteiger charge is 2.35. The summed E-state index contributed by atoms with van der Waals surface area (Å²) in [7, 11) is -3.41. The molecule has 21 heavy (non-hydrogen) atoms. The Labute approximate surface area is 134 Å². The molecule has 1 saturated heterocycles. The lowest BCUT2D eigenvalue weighted by Crippen LogP contribution is -2.33. The van der Waals surface area contributed by atoms with Gasteiger partial charge in [-0.3, -0.25) is 0 Å². The van der Waals surface area contributed by atoms with Crippen LogP contribution >= 0.6 is 12.4 Å². The van der Waals surface area contributed by atoms with Crippen LogP contribution in [0.3, 0.4) is 0 Å². The third-order valence-electron chi connectivity index (χ3n) is 4.13. The van der Waals surface area contributed by atoms with E-state index in [-0.39, 0.29) is 24.4 Å². The van der Waals surface area contributed by atoms with E-state index in [1.165, 1.54) is 0 Å². The lowest BCUT2D eigenvalue weighted by Gasteiger charge is -2.21. The minimum absolute atomic E-state index is 0. The number of aryl methyl sites for hydroxylation is 3. The Hall–Kier alpha value is -0.620. The molecule has 0 aromatic heterocycles. The van der Waals surface area contributed by atoms with Crippen molar-refractivity contribution in [2.24, 2.45) is 11.7 Å². The molecule has 6 heteroatoms. The fraction of sp³-hybridized carbons (Fsp3) is 0.600. The molecule has 1 aromatic rings. The first-order chi connectivity index (χ1) is 9.23. The van der Waals surface area contributed by atoms with Gasteiger partial charge >= 0.3 is 0 Å². The van der Waals surface area contributed by atoms with Crippen molar-refractivity contribution in [2.75, 3.05) is 13.1 Å². The molecule has 4 nitrogen and oxygen atoms in total. The van der Waals surface area contributed by atoms with Crippen LogP contribution in [0, 0.1) is 26.7 Å². The quantitative estimate of drug-likeness (QED) is 0.924. The van der Waals surface area contributed by atoms with Gasteiger partial charge in [-0.05, 0) is 51.2 Å². The Morgan fingerprint density at radius 3 is 2.19 bits per heavy atom. The molecule has 1 aromatic carbocycles. The highest BCUT2D eigenvalue weighted by atomic mass is 35.5. The van der Waals surface area contributed by atoms with Gasteiger partial charge in [0.2, 0.25) is 10.0 Å². The van der Waals surface area contributed by atoms with Gasteiger partial charge in [-0.25, -0.2) is 8.42 Å². The number of halogens is 1. The molecule has 2 atom stereocenters. The zero-order valence-electron chi connectivity index (χ0n) is 13.1. The van der Waals surface area contributed by atoms with Gasteiger partial charge in [0.05, 0.1) is 4.90 Å². The molecule has 2 N–H and O–H groups in total. The van der Waals surface area contributed by atoms with Crippen LogP contribution in [-0.2, 0) is 10.0 Å². The maximum atomic E-state index is 12.8. The second kappa shape index (κ2) is 6.65. The third-order valence-corrected chi connectivity index (χ3v) is 6.30. The molecule has 0 bridgehead atoms. The van der Waals surface area contributed by atoms with Crippen molar-refractivity contribution in [2.45, 2.75) is 45.1 Å². The second-order valence-corrected chi connectivity index (χ2v) is 7.87. The number of nitrogens with zero attached hydrogens (tertiary/aromatic N) is 1. The summed E-state index contributed by atoms with van der Waals surface area (Å²) in [6.07, 6.45) is 0.848. The molecule has 0 spiro atoms. The van der Waals surface area contributed by atoms with E-state index in [9.17, 15) is 8.42 Å². The number of rotatable bonds is 3. The topological polar surface area (TPSA) is 63.4 Å². The fourth-order valence-electron chi connectivity index (χ4n) is 3.10. The molecule has 1 heterocycles. The minimum Gasteiger partial charge on any atom is -0.328 e. The van der Waals surface area contributed by atoms with Crippen LogP contribution in [0.15, 0.2) is 17.0 Å². The maximum absolute atomic E-state index is 12.8. The first-order valence-electron chi connectivity index (χ1n) is 7.07. The predicted octanol–water partition coefficient (Wildman–Crippen LogP) is 2.39. The van der Waals surface area contributed by atoms with Gasteiger partial charge < -0.3 is 5.73 Å². The monoisotopic (exact) mass is 332 g/mol. The van der Waals surface area contributed by atoms with Crippen LogP contribution in [0.25, 0.3) is 0 Å². The summed E-state index contributed by atoms with van der Waals surface area (Å²) in [6, 6.07) is 3.90. The molecule has 1 fully saturated rings. The van der Waals surface area contributed by atoms with E-state index in [0.717, 1.165) is 23.1 Å². The van der Waals surface area contributed by atoms with Crippen LogP contribution in [-0.4, -0.2) is 31.9 Å². The normalized spacial score (nSPS) is 21.1. The Morgan fingerprint density at radius 2 is 1.76 bits per heavy atom. The van der Waals surface area contributed by atoms with E-state index >= 15 is 0 Å². The van der Waals surface area contributed by atoms with Crippen molar-refractivity contribution in [3.63, 3.8) is 0 Å². The SMILES string of the molecule is Cc1cc(C)c(S(=O)(=O)N2CCC(C(C)N)C2)c(C)c1.Cl. The molecular weight excluding hydrogens is 308 g/mol. The Balaban J connectivity index is 0.00000220. The van der Waals surface area contributed by atoms with E-state index in [1.54, 1.807) is 4.31 Å². The smallest absolute Gasteiger partial charge is 0.243 e. The molecule has 0 radical (unpaired) electrons. The third kappa shape index (κ3) is 3.59. The molecular formula is C15H25ClN2O2S. The van der Waals surface area contributed by atoms with Gasteiger partial charge in [-0.2, -0.15) is 4.31 Å². The van der Waals surface area contributed by atoms with E-state index in [0.29, 0.717) is 18.0 Å². The highest BCUT2D eigenvalue weighted by Crippen LogP contribution is 2.29. The van der Waals surface area contributed by atoms with Crippen molar-refractivity contribution in [1.82, 2.24) is 4.31 Å². The number of nitrogens with two attached hydrogens (primary N) is 1. The summed E-state index contributed by atoms with van der Waals surface area (Å²) in [5.41, 5.74) is 8.64. The Kier molecular flexibility index (Phi) is 5.83. The lowest BCUT2D eigenvalue weighted by atomic mass is 10.0. The molecule has 0 saturated carbocycles. The summed E-state index contributed by atoms with van der Waals surface area (Å²) < 4.78 is 27.3. The van der Waals surface area contributed by atoms with Gasteiger partial charge in [0.15, 0.2) is 0 Å². The number of hydrogen-bond donors (Lipinski definition) is 1. The number of benzene rings is 1. The summed E-state index contributed by atoms with van der Waals surface area (Å²) >= 11 is 0. The summed E-state index contributed by atoms with van der Waals surface area (Å²) in [6.45, 7) is 8.77. The zero-order valence-corrected chi connectivity index (χ0v) is 14.7. The van der Waals surface area contributed by atoms with Gasteiger partial charge in [-0.15, -0.1) is 12.4 Å². The molecule has 2 rings (SSSR count). The summed E-state index contributed by atoms with van der Waals surface area (Å²) in [4.78, 5) is 0.466. The van der Waals surface area contributed by atoms with Crippen LogP contribution in [0.1, 0.15) is 30.0 Å². The zero-order chi connectivity index (χ0) is 15.1. The molecule has 120 valence electrons. The van der Waals surface area contributed by atoms with E-state index in [2.05, 4.69) is 0 Å². The van der Waals surface area contributed by atoms with E-state index in [4.69, 9.17) is 5.73 Å². The van der Waals surface area contributed by atoms with E-state index < -0.39 is 10.0 Å². The van der Waals surface area contributed by atoms with Gasteiger partial charge in [0, 0.05) is 19.1 Å². The summed E-state index contributed by atoms with van der Waals surface area (Å²) in [5.74, 6) is 0.260. The molecule has 2 unspecified atom stereocenters. The standard InChI is InChI=1S/C15H24N2O2S.ClH/c1-10-7-11(2)15(12(3)8-10)20(18,19)17-6-5-14(9-17)13(4)16;/h7-8,13-14H,5-6,9,16H2,1-4H3;1H. The number of hydrogen-bond acceptors (Lipinski definition) is 3. The van der Waals surface area contributed by atoms with Gasteiger partial charge in [0.1, 0.15) is 0 Å². The van der Waals surface area contributed by atoms with Gasteiger partial charge in [0.25, 0.3) is 0 Å². The average Bonchev–Trinajstić information content (AvgIpc) is 2.76. The second-order valence-electron chi connectivity index (χ2n) is 6.00. The molecule has 1 aliphatic heterocycles. The van der Waals surface area contributed by atoms with Crippen molar-refractivity contribution >= 4 is 22.4 Å². The van der Waals surface area contributed by atoms with Crippen LogP contribution in [0.5, 0.6) is 0 Å². The Morgan fingerprint density at radius 1 is 1.24 bits per heavy atom. The highest BCUT2D eigenvalue weighted by molar-refractivity contribution is 7.89. The molecule has 0 amide bonds. The van der Waals surface area contributed by atoms with Gasteiger partial charge in [-0.1, -0.05) is 17.7 Å². The van der Waals surface area contributed by atoms with Crippen LogP contribution < -0.4 is 5.73 Å². The minimum atomic E-state index is -3.41. The van der Waals surface area contributed by atoms with Crippen molar-refractivity contribution in [3.05, 3.63) is 28.8 Å². The fourth-order valence-corrected chi connectivity index (χ4v) is 5.03. The van der Waals surface area contributed by atoms with E-state index in [1.807, 2.05) is 39.8 Å².